The minimum Gasteiger partial charge on any atom is -0.374 e. The molecule has 1 aliphatic rings. The molecule has 1 N–H and O–H groups in total. The van der Waals surface area contributed by atoms with Gasteiger partial charge in [-0.3, -0.25) is 9.69 Å². The first-order valence-electron chi connectivity index (χ1n) is 8.57. The third kappa shape index (κ3) is 5.05. The zero-order chi connectivity index (χ0) is 16.9. The van der Waals surface area contributed by atoms with E-state index in [1.54, 1.807) is 0 Å². The maximum Gasteiger partial charge on any atom is 0.230 e. The van der Waals surface area contributed by atoms with Crippen LogP contribution in [-0.4, -0.2) is 49.7 Å². The van der Waals surface area contributed by atoms with Crippen LogP contribution in [0.15, 0.2) is 30.3 Å². The summed E-state index contributed by atoms with van der Waals surface area (Å²) >= 11 is 0. The lowest BCUT2D eigenvalue weighted by Crippen LogP contribution is -2.50. The van der Waals surface area contributed by atoms with Crippen LogP contribution in [0.5, 0.6) is 0 Å². The van der Waals surface area contributed by atoms with Gasteiger partial charge in [0.25, 0.3) is 0 Å². The van der Waals surface area contributed by atoms with Crippen molar-refractivity contribution in [2.75, 3.05) is 32.8 Å². The second-order valence-corrected chi connectivity index (χ2v) is 7.35. The summed E-state index contributed by atoms with van der Waals surface area (Å²) in [4.78, 5) is 15.0. The average Bonchev–Trinajstić information content (AvgIpc) is 2.53. The van der Waals surface area contributed by atoms with Gasteiger partial charge in [0.15, 0.2) is 0 Å². The highest BCUT2D eigenvalue weighted by Crippen LogP contribution is 2.23. The van der Waals surface area contributed by atoms with Crippen molar-refractivity contribution in [2.24, 2.45) is 5.92 Å². The fourth-order valence-electron chi connectivity index (χ4n) is 3.00. The van der Waals surface area contributed by atoms with Gasteiger partial charge in [-0.05, 0) is 25.3 Å². The maximum absolute atomic E-state index is 12.6. The SMILES string of the molecule is CC(C)CN1CCOC(CNC(=O)C(C)(C)c2ccccc2)C1. The number of morpholine rings is 1. The monoisotopic (exact) mass is 318 g/mol. The number of rotatable bonds is 6. The first-order chi connectivity index (χ1) is 10.9. The molecule has 4 nitrogen and oxygen atoms in total. The molecule has 0 saturated carbocycles. The summed E-state index contributed by atoms with van der Waals surface area (Å²) in [5, 5.41) is 3.07. The Balaban J connectivity index is 1.86. The van der Waals surface area contributed by atoms with E-state index in [9.17, 15) is 4.79 Å². The number of ether oxygens (including phenoxy) is 1. The van der Waals surface area contributed by atoms with Crippen LogP contribution >= 0.6 is 0 Å². The molecule has 0 aromatic heterocycles. The molecule has 23 heavy (non-hydrogen) atoms. The van der Waals surface area contributed by atoms with Gasteiger partial charge in [0.05, 0.1) is 18.1 Å². The van der Waals surface area contributed by atoms with Gasteiger partial charge in [-0.15, -0.1) is 0 Å². The molecule has 0 radical (unpaired) electrons. The van der Waals surface area contributed by atoms with Crippen LogP contribution in [-0.2, 0) is 14.9 Å². The van der Waals surface area contributed by atoms with E-state index in [2.05, 4.69) is 24.1 Å². The van der Waals surface area contributed by atoms with Crippen LogP contribution in [0.4, 0.5) is 0 Å². The number of benzene rings is 1. The van der Waals surface area contributed by atoms with E-state index in [1.807, 2.05) is 44.2 Å². The Morgan fingerprint density at radius 1 is 1.35 bits per heavy atom. The van der Waals surface area contributed by atoms with Gasteiger partial charge in [0, 0.05) is 26.2 Å². The number of carbonyl (C=O) groups is 1. The molecule has 1 fully saturated rings. The summed E-state index contributed by atoms with van der Waals surface area (Å²) < 4.78 is 5.80. The van der Waals surface area contributed by atoms with Gasteiger partial charge in [0.1, 0.15) is 0 Å². The molecule has 1 saturated heterocycles. The first-order valence-corrected chi connectivity index (χ1v) is 8.57. The molecule has 1 aromatic rings. The fourth-order valence-corrected chi connectivity index (χ4v) is 3.00. The van der Waals surface area contributed by atoms with Crippen LogP contribution in [0.1, 0.15) is 33.3 Å². The molecule has 0 aliphatic carbocycles. The highest BCUT2D eigenvalue weighted by Gasteiger charge is 2.30. The minimum absolute atomic E-state index is 0.0493. The molecule has 1 heterocycles. The molecule has 1 aromatic carbocycles. The van der Waals surface area contributed by atoms with Gasteiger partial charge >= 0.3 is 0 Å². The normalized spacial score (nSPS) is 19.8. The molecule has 2 rings (SSSR count). The molecule has 1 aliphatic heterocycles. The van der Waals surface area contributed by atoms with Crippen molar-refractivity contribution in [1.82, 2.24) is 10.2 Å². The Kier molecular flexibility index (Phi) is 6.19. The van der Waals surface area contributed by atoms with Gasteiger partial charge in [-0.1, -0.05) is 44.2 Å². The smallest absolute Gasteiger partial charge is 0.230 e. The number of amides is 1. The number of hydrogen-bond donors (Lipinski definition) is 1. The third-order valence-electron chi connectivity index (χ3n) is 4.40. The zero-order valence-corrected chi connectivity index (χ0v) is 14.8. The van der Waals surface area contributed by atoms with E-state index in [4.69, 9.17) is 4.74 Å². The van der Waals surface area contributed by atoms with Crippen molar-refractivity contribution in [3.8, 4) is 0 Å². The van der Waals surface area contributed by atoms with Crippen molar-refractivity contribution in [3.05, 3.63) is 35.9 Å². The van der Waals surface area contributed by atoms with Gasteiger partial charge < -0.3 is 10.1 Å². The predicted molar refractivity (Wildman–Crippen MR) is 93.5 cm³/mol. The molecule has 1 amide bonds. The molecule has 128 valence electrons. The van der Waals surface area contributed by atoms with Crippen molar-refractivity contribution in [2.45, 2.75) is 39.2 Å². The number of nitrogens with one attached hydrogen (secondary N) is 1. The van der Waals surface area contributed by atoms with Crippen molar-refractivity contribution < 1.29 is 9.53 Å². The Hall–Kier alpha value is -1.39. The molecule has 1 atom stereocenters. The van der Waals surface area contributed by atoms with E-state index in [1.165, 1.54) is 0 Å². The molecule has 4 heteroatoms. The van der Waals surface area contributed by atoms with Crippen molar-refractivity contribution >= 4 is 5.91 Å². The highest BCUT2D eigenvalue weighted by molar-refractivity contribution is 5.87. The van der Waals surface area contributed by atoms with E-state index in [-0.39, 0.29) is 12.0 Å². The summed E-state index contributed by atoms with van der Waals surface area (Å²) in [6, 6.07) is 9.91. The number of nitrogens with zero attached hydrogens (tertiary/aromatic N) is 1. The summed E-state index contributed by atoms with van der Waals surface area (Å²) in [6.45, 7) is 12.7. The summed E-state index contributed by atoms with van der Waals surface area (Å²) in [6.07, 6.45) is 0.0815. The molecule has 0 bridgehead atoms. The maximum atomic E-state index is 12.6. The third-order valence-corrected chi connectivity index (χ3v) is 4.40. The largest absolute Gasteiger partial charge is 0.374 e. The van der Waals surface area contributed by atoms with Crippen LogP contribution in [0, 0.1) is 5.92 Å². The Labute approximate surface area is 140 Å². The lowest BCUT2D eigenvalue weighted by Gasteiger charge is -2.34. The standard InChI is InChI=1S/C19H30N2O2/c1-15(2)13-21-10-11-23-17(14-21)12-20-18(22)19(3,4)16-8-6-5-7-9-16/h5-9,15,17H,10-14H2,1-4H3,(H,20,22). The van der Waals surface area contributed by atoms with Crippen LogP contribution < -0.4 is 5.32 Å². The summed E-state index contributed by atoms with van der Waals surface area (Å²) in [5.74, 6) is 0.702. The predicted octanol–water partition coefficient (Wildman–Crippen LogP) is 2.44. The van der Waals surface area contributed by atoms with E-state index < -0.39 is 5.41 Å². The topological polar surface area (TPSA) is 41.6 Å². The quantitative estimate of drug-likeness (QED) is 0.876. The molecule has 1 unspecified atom stereocenters. The second kappa shape index (κ2) is 7.93. The minimum atomic E-state index is -0.534. The van der Waals surface area contributed by atoms with Crippen LogP contribution in [0.3, 0.4) is 0 Å². The Bertz CT molecular complexity index is 499. The van der Waals surface area contributed by atoms with Gasteiger partial charge in [0.2, 0.25) is 5.91 Å². The second-order valence-electron chi connectivity index (χ2n) is 7.35. The van der Waals surface area contributed by atoms with Gasteiger partial charge in [-0.2, -0.15) is 0 Å². The van der Waals surface area contributed by atoms with Gasteiger partial charge in [-0.25, -0.2) is 0 Å². The first kappa shape index (κ1) is 18.0. The molecule has 0 spiro atoms. The Morgan fingerprint density at radius 2 is 2.04 bits per heavy atom. The molecular formula is C19H30N2O2. The average molecular weight is 318 g/mol. The van der Waals surface area contributed by atoms with Crippen molar-refractivity contribution in [1.29, 1.82) is 0 Å². The summed E-state index contributed by atoms with van der Waals surface area (Å²) in [7, 11) is 0. The van der Waals surface area contributed by atoms with E-state index in [0.717, 1.165) is 31.8 Å². The molecular weight excluding hydrogens is 288 g/mol. The van der Waals surface area contributed by atoms with E-state index in [0.29, 0.717) is 12.5 Å². The fraction of sp³-hybridized carbons (Fsp3) is 0.632. The van der Waals surface area contributed by atoms with Crippen LogP contribution in [0.25, 0.3) is 0 Å². The Morgan fingerprint density at radius 3 is 2.70 bits per heavy atom. The lowest BCUT2D eigenvalue weighted by molar-refractivity contribution is -0.126. The highest BCUT2D eigenvalue weighted by atomic mass is 16.5. The number of carbonyl (C=O) groups excluding carboxylic acids is 1. The zero-order valence-electron chi connectivity index (χ0n) is 14.8. The van der Waals surface area contributed by atoms with Crippen LogP contribution in [0.2, 0.25) is 0 Å². The summed E-state index contributed by atoms with van der Waals surface area (Å²) in [5.41, 5.74) is 0.497. The lowest BCUT2D eigenvalue weighted by atomic mass is 9.84. The van der Waals surface area contributed by atoms with E-state index >= 15 is 0 Å². The van der Waals surface area contributed by atoms with Crippen molar-refractivity contribution in [3.63, 3.8) is 0 Å². The number of hydrogen-bond acceptors (Lipinski definition) is 3.